The molecule has 0 unspecified atom stereocenters. The number of ether oxygens (including phenoxy) is 3. The number of hydrogen-bond donors (Lipinski definition) is 2. The number of hydrogen-bond acceptors (Lipinski definition) is 6. The molecule has 1 aromatic heterocycles. The number of aromatic nitrogens is 1. The van der Waals surface area contributed by atoms with Gasteiger partial charge < -0.3 is 19.5 Å². The first-order valence-electron chi connectivity index (χ1n) is 9.11. The van der Waals surface area contributed by atoms with Gasteiger partial charge in [-0.05, 0) is 42.8 Å². The summed E-state index contributed by atoms with van der Waals surface area (Å²) in [6.45, 7) is 2.76. The first-order valence-corrected chi connectivity index (χ1v) is 9.99. The minimum absolute atomic E-state index is 0.388. The van der Waals surface area contributed by atoms with Crippen LogP contribution in [0.5, 0.6) is 17.2 Å². The first-order chi connectivity index (χ1) is 14.1. The van der Waals surface area contributed by atoms with Crippen molar-refractivity contribution in [2.75, 3.05) is 31.5 Å². The van der Waals surface area contributed by atoms with Crippen LogP contribution in [-0.2, 0) is 0 Å². The Labute approximate surface area is 173 Å². The quantitative estimate of drug-likeness (QED) is 0.526. The molecule has 2 amide bonds. The van der Waals surface area contributed by atoms with Gasteiger partial charge in [0.2, 0.25) is 0 Å². The van der Waals surface area contributed by atoms with E-state index in [1.54, 1.807) is 32.4 Å². The van der Waals surface area contributed by atoms with Crippen molar-refractivity contribution in [1.29, 1.82) is 0 Å². The molecule has 1 heterocycles. The molecule has 7 nitrogen and oxygen atoms in total. The smallest absolute Gasteiger partial charge is 0.325 e. The third-order valence-electron chi connectivity index (χ3n) is 3.99. The van der Waals surface area contributed by atoms with E-state index in [-0.39, 0.29) is 6.03 Å². The van der Waals surface area contributed by atoms with Gasteiger partial charge in [0.15, 0.2) is 16.6 Å². The molecule has 0 aliphatic rings. The highest BCUT2D eigenvalue weighted by Crippen LogP contribution is 2.30. The second-order valence-electron chi connectivity index (χ2n) is 6.06. The standard InChI is InChI=1S/C21H23N3O4S/c1-4-11-28-16-8-5-14(6-9-16)17-13-29-21(23-17)24-20(25)22-15-7-10-18(26-2)19(12-15)27-3/h5-10,12-13H,4,11H2,1-3H3,(H2,22,23,24,25). The third-order valence-corrected chi connectivity index (χ3v) is 4.75. The van der Waals surface area contributed by atoms with E-state index in [0.29, 0.717) is 28.9 Å². The van der Waals surface area contributed by atoms with Crippen molar-refractivity contribution >= 4 is 28.2 Å². The second-order valence-corrected chi connectivity index (χ2v) is 6.92. The van der Waals surface area contributed by atoms with Crippen molar-refractivity contribution in [3.05, 3.63) is 47.8 Å². The Morgan fingerprint density at radius 2 is 1.79 bits per heavy atom. The molecular weight excluding hydrogens is 390 g/mol. The van der Waals surface area contributed by atoms with Gasteiger partial charge in [-0.25, -0.2) is 9.78 Å². The average Bonchev–Trinajstić information content (AvgIpc) is 3.20. The lowest BCUT2D eigenvalue weighted by molar-refractivity contribution is 0.262. The highest BCUT2D eigenvalue weighted by Gasteiger charge is 2.10. The van der Waals surface area contributed by atoms with Crippen molar-refractivity contribution in [1.82, 2.24) is 4.98 Å². The van der Waals surface area contributed by atoms with Gasteiger partial charge in [0.25, 0.3) is 0 Å². The van der Waals surface area contributed by atoms with Crippen LogP contribution in [0.25, 0.3) is 11.3 Å². The van der Waals surface area contributed by atoms with E-state index in [2.05, 4.69) is 22.5 Å². The molecule has 0 fully saturated rings. The lowest BCUT2D eigenvalue weighted by Gasteiger charge is -2.10. The van der Waals surface area contributed by atoms with Crippen LogP contribution in [0.4, 0.5) is 15.6 Å². The zero-order valence-corrected chi connectivity index (χ0v) is 17.3. The topological polar surface area (TPSA) is 81.7 Å². The van der Waals surface area contributed by atoms with Crippen LogP contribution < -0.4 is 24.8 Å². The summed E-state index contributed by atoms with van der Waals surface area (Å²) in [6.07, 6.45) is 0.967. The van der Waals surface area contributed by atoms with E-state index in [1.165, 1.54) is 11.3 Å². The third kappa shape index (κ3) is 5.39. The number of carbonyl (C=O) groups is 1. The Kier molecular flexibility index (Phi) is 6.91. The summed E-state index contributed by atoms with van der Waals surface area (Å²) in [5.41, 5.74) is 2.33. The predicted molar refractivity (Wildman–Crippen MR) is 116 cm³/mol. The molecule has 0 radical (unpaired) electrons. The zero-order chi connectivity index (χ0) is 20.6. The summed E-state index contributed by atoms with van der Waals surface area (Å²) in [5, 5.41) is 7.90. The molecule has 8 heteroatoms. The number of thiazole rings is 1. The van der Waals surface area contributed by atoms with E-state index in [1.807, 2.05) is 29.6 Å². The van der Waals surface area contributed by atoms with Gasteiger partial charge in [-0.3, -0.25) is 5.32 Å². The van der Waals surface area contributed by atoms with Crippen LogP contribution in [0.1, 0.15) is 13.3 Å². The molecule has 0 aliphatic heterocycles. The number of anilines is 2. The van der Waals surface area contributed by atoms with E-state index in [4.69, 9.17) is 14.2 Å². The molecule has 2 aromatic carbocycles. The van der Waals surface area contributed by atoms with E-state index in [9.17, 15) is 4.79 Å². The summed E-state index contributed by atoms with van der Waals surface area (Å²) in [6, 6.07) is 12.5. The average molecular weight is 413 g/mol. The molecule has 3 rings (SSSR count). The van der Waals surface area contributed by atoms with Crippen LogP contribution in [0.3, 0.4) is 0 Å². The maximum atomic E-state index is 12.3. The second kappa shape index (κ2) is 9.79. The largest absolute Gasteiger partial charge is 0.494 e. The molecule has 0 saturated heterocycles. The highest BCUT2D eigenvalue weighted by atomic mass is 32.1. The minimum atomic E-state index is -0.388. The number of methoxy groups -OCH3 is 2. The fourth-order valence-electron chi connectivity index (χ4n) is 2.58. The van der Waals surface area contributed by atoms with E-state index >= 15 is 0 Å². The molecule has 0 saturated carbocycles. The molecule has 0 atom stereocenters. The molecule has 0 spiro atoms. The summed E-state index contributed by atoms with van der Waals surface area (Å²) in [7, 11) is 3.10. The summed E-state index contributed by atoms with van der Waals surface area (Å²) in [4.78, 5) is 16.8. The Morgan fingerprint density at radius 1 is 1.03 bits per heavy atom. The highest BCUT2D eigenvalue weighted by molar-refractivity contribution is 7.14. The predicted octanol–water partition coefficient (Wildman–Crippen LogP) is 5.26. The molecule has 2 N–H and O–H groups in total. The number of carbonyl (C=O) groups excluding carboxylic acids is 1. The Bertz CT molecular complexity index is 957. The van der Waals surface area contributed by atoms with Gasteiger partial charge in [-0.2, -0.15) is 0 Å². The normalized spacial score (nSPS) is 10.3. The van der Waals surface area contributed by atoms with Crippen molar-refractivity contribution in [3.8, 4) is 28.5 Å². The Hall–Kier alpha value is -3.26. The van der Waals surface area contributed by atoms with E-state index < -0.39 is 0 Å². The molecule has 152 valence electrons. The van der Waals surface area contributed by atoms with Crippen molar-refractivity contribution in [2.45, 2.75) is 13.3 Å². The van der Waals surface area contributed by atoms with Gasteiger partial charge in [0, 0.05) is 22.7 Å². The monoisotopic (exact) mass is 413 g/mol. The van der Waals surface area contributed by atoms with Crippen LogP contribution in [0.15, 0.2) is 47.8 Å². The van der Waals surface area contributed by atoms with Gasteiger partial charge in [-0.15, -0.1) is 11.3 Å². The zero-order valence-electron chi connectivity index (χ0n) is 16.5. The van der Waals surface area contributed by atoms with Gasteiger partial charge in [0.05, 0.1) is 26.5 Å². The molecule has 3 aromatic rings. The Balaban J connectivity index is 1.61. The van der Waals surface area contributed by atoms with Gasteiger partial charge >= 0.3 is 6.03 Å². The molecular formula is C21H23N3O4S. The molecule has 0 bridgehead atoms. The SMILES string of the molecule is CCCOc1ccc(-c2csc(NC(=O)Nc3ccc(OC)c(OC)c3)n2)cc1. The Morgan fingerprint density at radius 3 is 2.48 bits per heavy atom. The molecule has 0 aliphatic carbocycles. The van der Waals surface area contributed by atoms with Crippen LogP contribution >= 0.6 is 11.3 Å². The van der Waals surface area contributed by atoms with Crippen LogP contribution in [0.2, 0.25) is 0 Å². The number of rotatable bonds is 8. The fraction of sp³-hybridized carbons (Fsp3) is 0.238. The lowest BCUT2D eigenvalue weighted by atomic mass is 10.2. The summed E-state index contributed by atoms with van der Waals surface area (Å²) in [5.74, 6) is 1.96. The first kappa shape index (κ1) is 20.5. The van der Waals surface area contributed by atoms with Crippen LogP contribution in [0, 0.1) is 0 Å². The number of nitrogens with zero attached hydrogens (tertiary/aromatic N) is 1. The van der Waals surface area contributed by atoms with Gasteiger partial charge in [0.1, 0.15) is 5.75 Å². The van der Waals surface area contributed by atoms with Gasteiger partial charge in [-0.1, -0.05) is 6.92 Å². The number of amides is 2. The maximum Gasteiger partial charge on any atom is 0.325 e. The molecule has 29 heavy (non-hydrogen) atoms. The van der Waals surface area contributed by atoms with Crippen molar-refractivity contribution < 1.29 is 19.0 Å². The fourth-order valence-corrected chi connectivity index (χ4v) is 3.29. The number of benzene rings is 2. The number of nitrogens with one attached hydrogen (secondary N) is 2. The van der Waals surface area contributed by atoms with E-state index in [0.717, 1.165) is 23.4 Å². The lowest BCUT2D eigenvalue weighted by Crippen LogP contribution is -2.19. The minimum Gasteiger partial charge on any atom is -0.494 e. The number of urea groups is 1. The summed E-state index contributed by atoms with van der Waals surface area (Å²) >= 11 is 1.36. The van der Waals surface area contributed by atoms with Crippen LogP contribution in [-0.4, -0.2) is 31.8 Å². The summed E-state index contributed by atoms with van der Waals surface area (Å²) < 4.78 is 16.0. The van der Waals surface area contributed by atoms with Crippen molar-refractivity contribution in [3.63, 3.8) is 0 Å². The van der Waals surface area contributed by atoms with Crippen molar-refractivity contribution in [2.24, 2.45) is 0 Å². The maximum absolute atomic E-state index is 12.3.